The van der Waals surface area contributed by atoms with Gasteiger partial charge >= 0.3 is 5.97 Å². The van der Waals surface area contributed by atoms with E-state index in [1.165, 1.54) is 37.5 Å². The predicted molar refractivity (Wildman–Crippen MR) is 85.3 cm³/mol. The third-order valence-corrected chi connectivity index (χ3v) is 4.70. The Morgan fingerprint density at radius 2 is 1.90 bits per heavy atom. The minimum atomic E-state index is -0.117. The van der Waals surface area contributed by atoms with Gasteiger partial charge < -0.3 is 4.74 Å². The molecule has 0 bridgehead atoms. The van der Waals surface area contributed by atoms with Crippen LogP contribution in [0.5, 0.6) is 0 Å². The Balaban J connectivity index is 1.74. The number of methoxy groups -OCH3 is 1. The first kappa shape index (κ1) is 16.0. The van der Waals surface area contributed by atoms with Gasteiger partial charge in [-0.25, -0.2) is 0 Å². The number of likely N-dealkylation sites (tertiary alicyclic amines) is 1. The van der Waals surface area contributed by atoms with Gasteiger partial charge in [-0.2, -0.15) is 0 Å². The van der Waals surface area contributed by atoms with Crippen LogP contribution in [0.2, 0.25) is 0 Å². The molecule has 2 rings (SSSR count). The molecule has 1 atom stereocenters. The first-order chi connectivity index (χ1) is 10.1. The fraction of sp³-hybridized carbons (Fsp3) is 0.611. The lowest BCUT2D eigenvalue weighted by atomic mass is 9.90. The molecule has 1 aliphatic heterocycles. The maximum Gasteiger partial charge on any atom is 0.322 e. The summed E-state index contributed by atoms with van der Waals surface area (Å²) in [7, 11) is 1.47. The van der Waals surface area contributed by atoms with Crippen LogP contribution < -0.4 is 0 Å². The molecule has 21 heavy (non-hydrogen) atoms. The van der Waals surface area contributed by atoms with Crippen LogP contribution in [-0.2, 0) is 16.0 Å². The second kappa shape index (κ2) is 7.60. The zero-order valence-electron chi connectivity index (χ0n) is 13.5. The number of benzene rings is 1. The van der Waals surface area contributed by atoms with E-state index in [-0.39, 0.29) is 12.0 Å². The summed E-state index contributed by atoms with van der Waals surface area (Å²) in [4.78, 5) is 13.8. The zero-order valence-corrected chi connectivity index (χ0v) is 13.5. The van der Waals surface area contributed by atoms with Crippen LogP contribution in [0.1, 0.15) is 37.3 Å². The summed E-state index contributed by atoms with van der Waals surface area (Å²) >= 11 is 0. The minimum Gasteiger partial charge on any atom is -0.468 e. The molecule has 0 aliphatic carbocycles. The maximum absolute atomic E-state index is 11.6. The van der Waals surface area contributed by atoms with E-state index in [9.17, 15) is 4.79 Å². The molecule has 3 heteroatoms. The Morgan fingerprint density at radius 3 is 2.48 bits per heavy atom. The standard InChI is InChI=1S/C18H27NO2/c1-14-4-6-16(7-5-14)8-9-17-10-12-19(13-11-17)15(2)18(20)21-3/h4-7,15,17H,8-13H2,1-3H3. The van der Waals surface area contributed by atoms with E-state index in [4.69, 9.17) is 4.74 Å². The van der Waals surface area contributed by atoms with Crippen molar-refractivity contribution in [2.45, 2.75) is 45.6 Å². The van der Waals surface area contributed by atoms with Crippen LogP contribution in [0, 0.1) is 12.8 Å². The van der Waals surface area contributed by atoms with Gasteiger partial charge in [0.05, 0.1) is 7.11 Å². The molecule has 0 aromatic heterocycles. The normalized spacial score (nSPS) is 18.4. The lowest BCUT2D eigenvalue weighted by Crippen LogP contribution is -2.44. The number of hydrogen-bond donors (Lipinski definition) is 0. The van der Waals surface area contributed by atoms with Crippen molar-refractivity contribution in [3.8, 4) is 0 Å². The van der Waals surface area contributed by atoms with Gasteiger partial charge in [0, 0.05) is 0 Å². The quantitative estimate of drug-likeness (QED) is 0.780. The molecular weight excluding hydrogens is 262 g/mol. The summed E-state index contributed by atoms with van der Waals surface area (Å²) in [5, 5.41) is 0. The third kappa shape index (κ3) is 4.57. The van der Waals surface area contributed by atoms with Gasteiger partial charge in [-0.3, -0.25) is 9.69 Å². The van der Waals surface area contributed by atoms with Gasteiger partial charge in [-0.1, -0.05) is 29.8 Å². The highest BCUT2D eigenvalue weighted by Gasteiger charge is 2.26. The van der Waals surface area contributed by atoms with Crippen molar-refractivity contribution in [2.24, 2.45) is 5.92 Å². The van der Waals surface area contributed by atoms with Crippen LogP contribution in [0.3, 0.4) is 0 Å². The highest BCUT2D eigenvalue weighted by molar-refractivity contribution is 5.75. The van der Waals surface area contributed by atoms with Crippen molar-refractivity contribution in [2.75, 3.05) is 20.2 Å². The molecule has 0 amide bonds. The number of piperidine rings is 1. The average molecular weight is 289 g/mol. The maximum atomic E-state index is 11.6. The van der Waals surface area contributed by atoms with E-state index >= 15 is 0 Å². The number of hydrogen-bond acceptors (Lipinski definition) is 3. The molecule has 116 valence electrons. The van der Waals surface area contributed by atoms with Crippen LogP contribution in [-0.4, -0.2) is 37.1 Å². The SMILES string of the molecule is COC(=O)C(C)N1CCC(CCc2ccc(C)cc2)CC1. The van der Waals surface area contributed by atoms with Crippen molar-refractivity contribution in [3.63, 3.8) is 0 Å². The second-order valence-corrected chi connectivity index (χ2v) is 6.20. The summed E-state index contributed by atoms with van der Waals surface area (Å²) in [6.45, 7) is 6.09. The van der Waals surface area contributed by atoms with Gasteiger partial charge in [0.25, 0.3) is 0 Å². The lowest BCUT2D eigenvalue weighted by molar-refractivity contribution is -0.146. The van der Waals surface area contributed by atoms with Crippen molar-refractivity contribution in [3.05, 3.63) is 35.4 Å². The van der Waals surface area contributed by atoms with E-state index in [0.717, 1.165) is 25.4 Å². The molecule has 1 aromatic carbocycles. The number of nitrogens with zero attached hydrogens (tertiary/aromatic N) is 1. The van der Waals surface area contributed by atoms with Gasteiger partial charge in [0.15, 0.2) is 0 Å². The second-order valence-electron chi connectivity index (χ2n) is 6.20. The molecule has 1 unspecified atom stereocenters. The first-order valence-electron chi connectivity index (χ1n) is 7.97. The molecule has 1 saturated heterocycles. The summed E-state index contributed by atoms with van der Waals surface area (Å²) in [6.07, 6.45) is 4.79. The predicted octanol–water partition coefficient (Wildman–Crippen LogP) is 3.20. The molecule has 3 nitrogen and oxygen atoms in total. The van der Waals surface area contributed by atoms with Gasteiger partial charge in [-0.15, -0.1) is 0 Å². The van der Waals surface area contributed by atoms with E-state index in [1.807, 2.05) is 6.92 Å². The number of carbonyl (C=O) groups excluding carboxylic acids is 1. The van der Waals surface area contributed by atoms with E-state index in [0.29, 0.717) is 0 Å². The van der Waals surface area contributed by atoms with Crippen molar-refractivity contribution < 1.29 is 9.53 Å². The summed E-state index contributed by atoms with van der Waals surface area (Å²) in [6, 6.07) is 8.76. The fourth-order valence-electron chi connectivity index (χ4n) is 3.07. The highest BCUT2D eigenvalue weighted by atomic mass is 16.5. The number of aryl methyl sites for hydroxylation is 2. The van der Waals surface area contributed by atoms with Crippen molar-refractivity contribution in [1.29, 1.82) is 0 Å². The Morgan fingerprint density at radius 1 is 1.29 bits per heavy atom. The number of rotatable bonds is 5. The van der Waals surface area contributed by atoms with E-state index in [1.54, 1.807) is 0 Å². The minimum absolute atomic E-state index is 0.104. The molecule has 0 radical (unpaired) electrons. The molecule has 0 N–H and O–H groups in total. The van der Waals surface area contributed by atoms with Gasteiger partial charge in [0.1, 0.15) is 6.04 Å². The van der Waals surface area contributed by atoms with Crippen LogP contribution in [0.25, 0.3) is 0 Å². The first-order valence-corrected chi connectivity index (χ1v) is 7.97. The van der Waals surface area contributed by atoms with Crippen LogP contribution >= 0.6 is 0 Å². The zero-order chi connectivity index (χ0) is 15.2. The molecule has 0 spiro atoms. The topological polar surface area (TPSA) is 29.5 Å². The van der Waals surface area contributed by atoms with E-state index < -0.39 is 0 Å². The lowest BCUT2D eigenvalue weighted by Gasteiger charge is -2.34. The van der Waals surface area contributed by atoms with E-state index in [2.05, 4.69) is 36.1 Å². The number of carbonyl (C=O) groups is 1. The number of esters is 1. The molecule has 1 aromatic rings. The van der Waals surface area contributed by atoms with Crippen LogP contribution in [0.15, 0.2) is 24.3 Å². The molecular formula is C18H27NO2. The Kier molecular flexibility index (Phi) is 5.80. The molecule has 1 heterocycles. The summed E-state index contributed by atoms with van der Waals surface area (Å²) in [5.74, 6) is 0.667. The van der Waals surface area contributed by atoms with Gasteiger partial charge in [-0.05, 0) is 64.1 Å². The largest absolute Gasteiger partial charge is 0.468 e. The molecule has 1 fully saturated rings. The molecule has 1 aliphatic rings. The Bertz CT molecular complexity index is 447. The average Bonchev–Trinajstić information content (AvgIpc) is 2.53. The smallest absolute Gasteiger partial charge is 0.322 e. The Hall–Kier alpha value is -1.35. The Labute approximate surface area is 128 Å². The monoisotopic (exact) mass is 289 g/mol. The molecule has 0 saturated carbocycles. The van der Waals surface area contributed by atoms with Crippen LogP contribution in [0.4, 0.5) is 0 Å². The summed E-state index contributed by atoms with van der Waals surface area (Å²) < 4.78 is 4.83. The third-order valence-electron chi connectivity index (χ3n) is 4.70. The van der Waals surface area contributed by atoms with Gasteiger partial charge in [0.2, 0.25) is 0 Å². The summed E-state index contributed by atoms with van der Waals surface area (Å²) in [5.41, 5.74) is 2.76. The fourth-order valence-corrected chi connectivity index (χ4v) is 3.07. The number of ether oxygens (including phenoxy) is 1. The highest BCUT2D eigenvalue weighted by Crippen LogP contribution is 2.24. The van der Waals surface area contributed by atoms with Crippen molar-refractivity contribution >= 4 is 5.97 Å². The van der Waals surface area contributed by atoms with Crippen molar-refractivity contribution in [1.82, 2.24) is 4.90 Å².